The summed E-state index contributed by atoms with van der Waals surface area (Å²) in [7, 11) is 0. The Kier molecular flexibility index (Phi) is 7.10. The minimum absolute atomic E-state index is 0.151. The van der Waals surface area contributed by atoms with Gasteiger partial charge < -0.3 is 16.4 Å². The molecule has 5 nitrogen and oxygen atoms in total. The molecule has 22 heavy (non-hydrogen) atoms. The van der Waals surface area contributed by atoms with Crippen LogP contribution in [-0.2, 0) is 4.79 Å². The van der Waals surface area contributed by atoms with E-state index in [2.05, 4.69) is 10.6 Å². The highest BCUT2D eigenvalue weighted by molar-refractivity contribution is 7.99. The Morgan fingerprint density at radius 1 is 1.32 bits per heavy atom. The van der Waals surface area contributed by atoms with Gasteiger partial charge >= 0.3 is 6.03 Å². The smallest absolute Gasteiger partial charge is 0.312 e. The van der Waals surface area contributed by atoms with E-state index in [0.29, 0.717) is 18.2 Å². The van der Waals surface area contributed by atoms with Crippen LogP contribution in [0.25, 0.3) is 0 Å². The molecule has 0 bridgehead atoms. The Hall–Kier alpha value is -1.83. The zero-order valence-electron chi connectivity index (χ0n) is 12.3. The van der Waals surface area contributed by atoms with E-state index in [4.69, 9.17) is 5.73 Å². The number of primary amides is 1. The van der Waals surface area contributed by atoms with Crippen molar-refractivity contribution in [3.05, 3.63) is 24.3 Å². The molecule has 0 heterocycles. The fourth-order valence-corrected chi connectivity index (χ4v) is 2.43. The van der Waals surface area contributed by atoms with Crippen molar-refractivity contribution in [3.63, 3.8) is 0 Å². The maximum atomic E-state index is 12.5. The van der Waals surface area contributed by atoms with Crippen LogP contribution >= 0.6 is 11.8 Å². The number of carbonyl (C=O) groups is 2. The number of alkyl halides is 2. The highest BCUT2D eigenvalue weighted by Gasteiger charge is 2.26. The molecule has 122 valence electrons. The first-order valence-corrected chi connectivity index (χ1v) is 7.63. The minimum atomic E-state index is -2.59. The van der Waals surface area contributed by atoms with Gasteiger partial charge in [-0.2, -0.15) is 8.78 Å². The van der Waals surface area contributed by atoms with Crippen LogP contribution in [0.5, 0.6) is 0 Å². The van der Waals surface area contributed by atoms with Crippen molar-refractivity contribution in [2.45, 2.75) is 37.0 Å². The van der Waals surface area contributed by atoms with Crippen molar-refractivity contribution in [3.8, 4) is 0 Å². The molecule has 3 amide bonds. The second kappa shape index (κ2) is 8.57. The average Bonchev–Trinajstić information content (AvgIpc) is 2.45. The summed E-state index contributed by atoms with van der Waals surface area (Å²) in [5.41, 5.74) is 5.35. The third kappa shape index (κ3) is 5.51. The zero-order valence-corrected chi connectivity index (χ0v) is 13.1. The number of para-hydroxylation sites is 1. The Morgan fingerprint density at radius 2 is 1.95 bits per heavy atom. The zero-order chi connectivity index (χ0) is 16.7. The third-order valence-corrected chi connectivity index (χ3v) is 3.94. The monoisotopic (exact) mass is 331 g/mol. The van der Waals surface area contributed by atoms with Gasteiger partial charge in [0.25, 0.3) is 5.76 Å². The number of nitrogens with one attached hydrogen (secondary N) is 2. The standard InChI is InChI=1S/C14H19F2N3O2S/c1-3-8(2)11(19-14(17)21)12(20)18-9-6-4-5-7-10(9)22-13(15)16/h4-8,11,13H,3H2,1-2H3,(H,18,20)(H3,17,19,21)/t8-,11-/m0/s1. The molecule has 0 aliphatic heterocycles. The average molecular weight is 331 g/mol. The predicted octanol–water partition coefficient (Wildman–Crippen LogP) is 3.02. The lowest BCUT2D eigenvalue weighted by molar-refractivity contribution is -0.119. The number of rotatable bonds is 7. The molecule has 0 unspecified atom stereocenters. The molecule has 8 heteroatoms. The van der Waals surface area contributed by atoms with E-state index in [1.54, 1.807) is 19.1 Å². The Bertz CT molecular complexity index is 529. The Morgan fingerprint density at radius 3 is 2.50 bits per heavy atom. The number of anilines is 1. The van der Waals surface area contributed by atoms with E-state index in [1.807, 2.05) is 6.92 Å². The predicted molar refractivity (Wildman–Crippen MR) is 82.9 cm³/mol. The SMILES string of the molecule is CC[C@H](C)[C@H](NC(N)=O)C(=O)Nc1ccccc1SC(F)F. The van der Waals surface area contributed by atoms with E-state index >= 15 is 0 Å². The van der Waals surface area contributed by atoms with E-state index in [-0.39, 0.29) is 16.5 Å². The Labute approximate surface area is 132 Å². The summed E-state index contributed by atoms with van der Waals surface area (Å²) < 4.78 is 25.1. The molecule has 1 rings (SSSR count). The molecule has 0 spiro atoms. The first-order chi connectivity index (χ1) is 10.3. The van der Waals surface area contributed by atoms with E-state index < -0.39 is 23.7 Å². The normalized spacial score (nSPS) is 13.5. The van der Waals surface area contributed by atoms with Crippen LogP contribution in [0.2, 0.25) is 0 Å². The second-order valence-corrected chi connectivity index (χ2v) is 5.77. The molecule has 4 N–H and O–H groups in total. The molecule has 2 atom stereocenters. The molecule has 0 fully saturated rings. The van der Waals surface area contributed by atoms with Gasteiger partial charge in [-0.25, -0.2) is 4.79 Å². The summed E-state index contributed by atoms with van der Waals surface area (Å²) in [6, 6.07) is 4.62. The largest absolute Gasteiger partial charge is 0.352 e. The van der Waals surface area contributed by atoms with Gasteiger partial charge in [-0.15, -0.1) is 0 Å². The molecule has 0 saturated carbocycles. The van der Waals surface area contributed by atoms with Crippen molar-refractivity contribution >= 4 is 29.4 Å². The van der Waals surface area contributed by atoms with Crippen molar-refractivity contribution < 1.29 is 18.4 Å². The molecule has 0 saturated heterocycles. The minimum Gasteiger partial charge on any atom is -0.352 e. The number of nitrogens with two attached hydrogens (primary N) is 1. The van der Waals surface area contributed by atoms with Crippen molar-refractivity contribution in [1.29, 1.82) is 0 Å². The van der Waals surface area contributed by atoms with Gasteiger partial charge in [-0.05, 0) is 18.1 Å². The summed E-state index contributed by atoms with van der Waals surface area (Å²) >= 11 is 0.347. The van der Waals surface area contributed by atoms with Crippen molar-refractivity contribution in [2.75, 3.05) is 5.32 Å². The topological polar surface area (TPSA) is 84.2 Å². The molecule has 1 aromatic rings. The van der Waals surface area contributed by atoms with Gasteiger partial charge in [0.2, 0.25) is 5.91 Å². The number of hydrogen-bond donors (Lipinski definition) is 3. The first kappa shape index (κ1) is 18.2. The van der Waals surface area contributed by atoms with Crippen LogP contribution in [0.1, 0.15) is 20.3 Å². The van der Waals surface area contributed by atoms with E-state index in [9.17, 15) is 18.4 Å². The van der Waals surface area contributed by atoms with Crippen LogP contribution in [0.4, 0.5) is 19.3 Å². The lowest BCUT2D eigenvalue weighted by atomic mass is 9.98. The molecule has 0 aliphatic rings. The Balaban J connectivity index is 2.91. The number of urea groups is 1. The number of carbonyl (C=O) groups excluding carboxylic acids is 2. The van der Waals surface area contributed by atoms with Crippen LogP contribution in [0.3, 0.4) is 0 Å². The molecule has 0 aliphatic carbocycles. The molecular weight excluding hydrogens is 312 g/mol. The summed E-state index contributed by atoms with van der Waals surface area (Å²) in [5.74, 6) is -3.23. The van der Waals surface area contributed by atoms with Crippen LogP contribution in [0.15, 0.2) is 29.2 Å². The molecule has 0 aromatic heterocycles. The lowest BCUT2D eigenvalue weighted by Crippen LogP contribution is -2.49. The number of halogens is 2. The van der Waals surface area contributed by atoms with Crippen LogP contribution < -0.4 is 16.4 Å². The molecular formula is C14H19F2N3O2S. The summed E-state index contributed by atoms with van der Waals surface area (Å²) in [6.45, 7) is 3.66. The van der Waals surface area contributed by atoms with Gasteiger partial charge in [0.15, 0.2) is 0 Å². The molecule has 1 aromatic carbocycles. The summed E-state index contributed by atoms with van der Waals surface area (Å²) in [4.78, 5) is 23.6. The highest BCUT2D eigenvalue weighted by atomic mass is 32.2. The molecule has 0 radical (unpaired) electrons. The van der Waals surface area contributed by atoms with E-state index in [0.717, 1.165) is 0 Å². The number of amides is 3. The third-order valence-electron chi connectivity index (χ3n) is 3.15. The fourth-order valence-electron chi connectivity index (χ4n) is 1.83. The number of hydrogen-bond acceptors (Lipinski definition) is 3. The van der Waals surface area contributed by atoms with Crippen LogP contribution in [0, 0.1) is 5.92 Å². The van der Waals surface area contributed by atoms with Gasteiger partial charge in [-0.1, -0.05) is 44.2 Å². The van der Waals surface area contributed by atoms with Crippen LogP contribution in [-0.4, -0.2) is 23.7 Å². The quantitative estimate of drug-likeness (QED) is 0.672. The summed E-state index contributed by atoms with van der Waals surface area (Å²) in [6.07, 6.45) is 0.645. The van der Waals surface area contributed by atoms with Gasteiger partial charge in [0.05, 0.1) is 5.69 Å². The first-order valence-electron chi connectivity index (χ1n) is 6.75. The summed E-state index contributed by atoms with van der Waals surface area (Å²) in [5, 5.41) is 4.96. The van der Waals surface area contributed by atoms with E-state index in [1.165, 1.54) is 12.1 Å². The second-order valence-electron chi connectivity index (χ2n) is 4.74. The van der Waals surface area contributed by atoms with Gasteiger partial charge in [0.1, 0.15) is 6.04 Å². The number of benzene rings is 1. The van der Waals surface area contributed by atoms with Crippen molar-refractivity contribution in [1.82, 2.24) is 5.32 Å². The van der Waals surface area contributed by atoms with Crippen molar-refractivity contribution in [2.24, 2.45) is 11.7 Å². The lowest BCUT2D eigenvalue weighted by Gasteiger charge is -2.23. The number of thioether (sulfide) groups is 1. The maximum Gasteiger partial charge on any atom is 0.312 e. The van der Waals surface area contributed by atoms with Gasteiger partial charge in [-0.3, -0.25) is 4.79 Å². The maximum absolute atomic E-state index is 12.5. The highest BCUT2D eigenvalue weighted by Crippen LogP contribution is 2.31. The van der Waals surface area contributed by atoms with Gasteiger partial charge in [0, 0.05) is 4.90 Å². The fraction of sp³-hybridized carbons (Fsp3) is 0.429.